The minimum absolute atomic E-state index is 0.169. The maximum Gasteiger partial charge on any atom is 0.332 e. The standard InChI is InChI=1S/C15H17F2NO5/c16-13(17)8-22-10-3-1-2-9(6-10)7-18-14(19)11-4-5-12(23-11)15(20)21/h1-3,6,11-13H,4-5,7-8H2,(H,18,19)(H,20,21)/t11-,12+/m0/s1. The second-order valence-electron chi connectivity index (χ2n) is 5.10. The van der Waals surface area contributed by atoms with Crippen LogP contribution in [0.3, 0.4) is 0 Å². The molecule has 1 saturated heterocycles. The fourth-order valence-electron chi connectivity index (χ4n) is 2.22. The number of rotatable bonds is 7. The van der Waals surface area contributed by atoms with Gasteiger partial charge >= 0.3 is 5.97 Å². The lowest BCUT2D eigenvalue weighted by atomic mass is 10.1. The number of carbonyl (C=O) groups is 2. The zero-order valence-electron chi connectivity index (χ0n) is 12.2. The Labute approximate surface area is 131 Å². The van der Waals surface area contributed by atoms with Gasteiger partial charge in [0.1, 0.15) is 18.5 Å². The molecular formula is C15H17F2NO5. The highest BCUT2D eigenvalue weighted by Crippen LogP contribution is 2.20. The molecule has 1 heterocycles. The number of ether oxygens (including phenoxy) is 2. The van der Waals surface area contributed by atoms with E-state index in [4.69, 9.17) is 14.6 Å². The minimum atomic E-state index is -2.56. The van der Waals surface area contributed by atoms with Crippen LogP contribution in [0.5, 0.6) is 5.75 Å². The van der Waals surface area contributed by atoms with Gasteiger partial charge in [0.2, 0.25) is 5.91 Å². The molecule has 0 unspecified atom stereocenters. The van der Waals surface area contributed by atoms with Crippen LogP contribution < -0.4 is 10.1 Å². The summed E-state index contributed by atoms with van der Waals surface area (Å²) in [6, 6.07) is 6.45. The van der Waals surface area contributed by atoms with Gasteiger partial charge in [-0.05, 0) is 30.5 Å². The Morgan fingerprint density at radius 1 is 1.35 bits per heavy atom. The molecule has 1 fully saturated rings. The molecule has 8 heteroatoms. The zero-order valence-corrected chi connectivity index (χ0v) is 12.2. The summed E-state index contributed by atoms with van der Waals surface area (Å²) in [7, 11) is 0. The first kappa shape index (κ1) is 17.1. The van der Waals surface area contributed by atoms with Gasteiger partial charge in [0.25, 0.3) is 6.43 Å². The maximum absolute atomic E-state index is 12.1. The number of alkyl halides is 2. The predicted molar refractivity (Wildman–Crippen MR) is 75.3 cm³/mol. The summed E-state index contributed by atoms with van der Waals surface area (Å²) in [6.07, 6.45) is -3.64. The number of carbonyl (C=O) groups excluding carboxylic acids is 1. The van der Waals surface area contributed by atoms with Crippen LogP contribution in [0.25, 0.3) is 0 Å². The molecule has 0 saturated carbocycles. The van der Waals surface area contributed by atoms with Crippen molar-refractivity contribution in [2.45, 2.75) is 38.0 Å². The lowest BCUT2D eigenvalue weighted by Gasteiger charge is -2.12. The second kappa shape index (κ2) is 7.87. The van der Waals surface area contributed by atoms with Crippen molar-refractivity contribution in [2.75, 3.05) is 6.61 Å². The fourth-order valence-corrected chi connectivity index (χ4v) is 2.22. The van der Waals surface area contributed by atoms with Crippen LogP contribution in [-0.2, 0) is 20.9 Å². The van der Waals surface area contributed by atoms with E-state index in [1.807, 2.05) is 0 Å². The molecule has 6 nitrogen and oxygen atoms in total. The molecule has 23 heavy (non-hydrogen) atoms. The average molecular weight is 329 g/mol. The Bertz CT molecular complexity index is 567. The maximum atomic E-state index is 12.1. The van der Waals surface area contributed by atoms with Crippen molar-refractivity contribution in [1.29, 1.82) is 0 Å². The van der Waals surface area contributed by atoms with Gasteiger partial charge < -0.3 is 19.9 Å². The zero-order chi connectivity index (χ0) is 16.8. The Kier molecular flexibility index (Phi) is 5.86. The van der Waals surface area contributed by atoms with Crippen LogP contribution in [0.2, 0.25) is 0 Å². The van der Waals surface area contributed by atoms with E-state index in [0.29, 0.717) is 24.2 Å². The number of hydrogen-bond donors (Lipinski definition) is 2. The Morgan fingerprint density at radius 2 is 2.09 bits per heavy atom. The molecule has 0 radical (unpaired) electrons. The summed E-state index contributed by atoms with van der Waals surface area (Å²) in [5.41, 5.74) is 0.679. The van der Waals surface area contributed by atoms with Gasteiger partial charge in [-0.25, -0.2) is 13.6 Å². The molecule has 0 aliphatic carbocycles. The van der Waals surface area contributed by atoms with Crippen LogP contribution in [0.1, 0.15) is 18.4 Å². The summed E-state index contributed by atoms with van der Waals surface area (Å²) < 4.78 is 34.2. The van der Waals surface area contributed by atoms with E-state index in [1.165, 1.54) is 0 Å². The summed E-state index contributed by atoms with van der Waals surface area (Å²) in [5, 5.41) is 11.4. The van der Waals surface area contributed by atoms with Gasteiger partial charge in [0.15, 0.2) is 6.10 Å². The smallest absolute Gasteiger partial charge is 0.332 e. The SMILES string of the molecule is O=C(NCc1cccc(OCC(F)F)c1)[C@@H]1CC[C@H](C(=O)O)O1. The lowest BCUT2D eigenvalue weighted by molar-refractivity contribution is -0.151. The summed E-state index contributed by atoms with van der Waals surface area (Å²) in [6.45, 7) is -0.523. The molecular weight excluding hydrogens is 312 g/mol. The van der Waals surface area contributed by atoms with Crippen LogP contribution in [-0.4, -0.2) is 42.2 Å². The molecule has 1 amide bonds. The molecule has 126 valence electrons. The van der Waals surface area contributed by atoms with Crippen molar-refractivity contribution in [1.82, 2.24) is 5.32 Å². The minimum Gasteiger partial charge on any atom is -0.488 e. The van der Waals surface area contributed by atoms with E-state index in [1.54, 1.807) is 24.3 Å². The van der Waals surface area contributed by atoms with Crippen molar-refractivity contribution in [3.63, 3.8) is 0 Å². The number of hydrogen-bond acceptors (Lipinski definition) is 4. The fraction of sp³-hybridized carbons (Fsp3) is 0.467. The second-order valence-corrected chi connectivity index (χ2v) is 5.10. The van der Waals surface area contributed by atoms with Crippen LogP contribution in [0.15, 0.2) is 24.3 Å². The van der Waals surface area contributed by atoms with E-state index >= 15 is 0 Å². The quantitative estimate of drug-likeness (QED) is 0.793. The van der Waals surface area contributed by atoms with Crippen molar-refractivity contribution in [2.24, 2.45) is 0 Å². The third-order valence-electron chi connectivity index (χ3n) is 3.33. The van der Waals surface area contributed by atoms with Gasteiger partial charge in [-0.2, -0.15) is 0 Å². The van der Waals surface area contributed by atoms with Gasteiger partial charge in [-0.3, -0.25) is 4.79 Å². The Balaban J connectivity index is 1.82. The largest absolute Gasteiger partial charge is 0.488 e. The highest BCUT2D eigenvalue weighted by Gasteiger charge is 2.34. The van der Waals surface area contributed by atoms with E-state index in [9.17, 15) is 18.4 Å². The van der Waals surface area contributed by atoms with Crippen molar-refractivity contribution >= 4 is 11.9 Å². The summed E-state index contributed by atoms with van der Waals surface area (Å²) in [4.78, 5) is 22.7. The van der Waals surface area contributed by atoms with Gasteiger partial charge in [0.05, 0.1) is 0 Å². The van der Waals surface area contributed by atoms with Crippen LogP contribution >= 0.6 is 0 Å². The highest BCUT2D eigenvalue weighted by atomic mass is 19.3. The van der Waals surface area contributed by atoms with Gasteiger partial charge in [0, 0.05) is 6.54 Å². The van der Waals surface area contributed by atoms with Crippen molar-refractivity contribution in [3.8, 4) is 5.75 Å². The van der Waals surface area contributed by atoms with E-state index in [-0.39, 0.29) is 6.54 Å². The molecule has 0 aromatic heterocycles. The van der Waals surface area contributed by atoms with E-state index < -0.39 is 37.1 Å². The van der Waals surface area contributed by atoms with Gasteiger partial charge in [-0.1, -0.05) is 12.1 Å². The Morgan fingerprint density at radius 3 is 2.74 bits per heavy atom. The molecule has 0 spiro atoms. The molecule has 1 aromatic carbocycles. The normalized spacial score (nSPS) is 20.5. The summed E-state index contributed by atoms with van der Waals surface area (Å²) in [5.74, 6) is -1.18. The number of halogens is 2. The van der Waals surface area contributed by atoms with Crippen molar-refractivity contribution < 1.29 is 33.0 Å². The first-order valence-electron chi connectivity index (χ1n) is 7.11. The van der Waals surface area contributed by atoms with E-state index in [2.05, 4.69) is 5.32 Å². The molecule has 1 aliphatic rings. The number of carboxylic acid groups (broad SMARTS) is 1. The van der Waals surface area contributed by atoms with Gasteiger partial charge in [-0.15, -0.1) is 0 Å². The average Bonchev–Trinajstić information content (AvgIpc) is 3.01. The Hall–Kier alpha value is -2.22. The van der Waals surface area contributed by atoms with Crippen molar-refractivity contribution in [3.05, 3.63) is 29.8 Å². The highest BCUT2D eigenvalue weighted by molar-refractivity contribution is 5.82. The topological polar surface area (TPSA) is 84.9 Å². The molecule has 2 N–H and O–H groups in total. The molecule has 0 bridgehead atoms. The molecule has 1 aromatic rings. The molecule has 2 rings (SSSR count). The lowest BCUT2D eigenvalue weighted by Crippen LogP contribution is -2.35. The first-order valence-corrected chi connectivity index (χ1v) is 7.11. The number of amides is 1. The monoisotopic (exact) mass is 329 g/mol. The number of aliphatic carboxylic acids is 1. The first-order chi connectivity index (χ1) is 11.0. The predicted octanol–water partition coefficient (Wildman–Crippen LogP) is 1.58. The number of benzene rings is 1. The summed E-state index contributed by atoms with van der Waals surface area (Å²) >= 11 is 0. The van der Waals surface area contributed by atoms with Crippen LogP contribution in [0.4, 0.5) is 8.78 Å². The number of nitrogens with one attached hydrogen (secondary N) is 1. The molecule has 1 aliphatic heterocycles. The molecule has 2 atom stereocenters. The van der Waals surface area contributed by atoms with E-state index in [0.717, 1.165) is 0 Å². The van der Waals surface area contributed by atoms with Crippen LogP contribution in [0, 0.1) is 0 Å². The third kappa shape index (κ3) is 5.17. The number of carboxylic acids is 1. The third-order valence-corrected chi connectivity index (χ3v) is 3.33.